The summed E-state index contributed by atoms with van der Waals surface area (Å²) in [6.07, 6.45) is 0. The van der Waals surface area contributed by atoms with Gasteiger partial charge in [0.05, 0.1) is 6.61 Å². The van der Waals surface area contributed by atoms with E-state index in [-0.39, 0.29) is 11.4 Å². The molecule has 0 spiro atoms. The number of hydrogen-bond acceptors (Lipinski definition) is 6. The highest BCUT2D eigenvalue weighted by molar-refractivity contribution is 7.16. The lowest BCUT2D eigenvalue weighted by Crippen LogP contribution is -2.31. The molecule has 0 atom stereocenters. The zero-order chi connectivity index (χ0) is 15.1. The van der Waals surface area contributed by atoms with Crippen LogP contribution in [0, 0.1) is 0 Å². The first-order valence-electron chi connectivity index (χ1n) is 6.58. The summed E-state index contributed by atoms with van der Waals surface area (Å²) in [5.41, 5.74) is -0.935. The molecule has 0 saturated carbocycles. The Labute approximate surface area is 122 Å². The fraction of sp³-hybridized carbons (Fsp3) is 0.692. The molecule has 7 heteroatoms. The van der Waals surface area contributed by atoms with Crippen LogP contribution in [0.3, 0.4) is 0 Å². The Morgan fingerprint density at radius 2 is 1.90 bits per heavy atom. The maximum absolute atomic E-state index is 12.0. The first kappa shape index (κ1) is 14.9. The Hall–Kier alpha value is -1.50. The predicted octanol–water partition coefficient (Wildman–Crippen LogP) is 2.32. The number of carbonyl (C=O) groups excluding carboxylic acids is 1. The Bertz CT molecular complexity index is 636. The molecule has 2 rings (SSSR count). The minimum Gasteiger partial charge on any atom is -0.465 e. The van der Waals surface area contributed by atoms with Crippen LogP contribution in [-0.2, 0) is 20.4 Å². The van der Waals surface area contributed by atoms with Crippen LogP contribution in [0.2, 0.25) is 0 Å². The van der Waals surface area contributed by atoms with Gasteiger partial charge >= 0.3 is 5.97 Å². The number of aromatic nitrogens is 4. The van der Waals surface area contributed by atoms with Crippen molar-refractivity contribution >= 4 is 22.3 Å². The molecule has 2 aromatic heterocycles. The highest BCUT2D eigenvalue weighted by Gasteiger charge is 2.36. The highest BCUT2D eigenvalue weighted by atomic mass is 32.1. The second-order valence-electron chi connectivity index (χ2n) is 6.22. The minimum atomic E-state index is -0.781. The van der Waals surface area contributed by atoms with Crippen LogP contribution in [0.1, 0.15) is 52.4 Å². The van der Waals surface area contributed by atoms with E-state index < -0.39 is 5.41 Å². The lowest BCUT2D eigenvalue weighted by atomic mass is 9.95. The standard InChI is InChI=1S/C13H20N4O2S/c1-7-19-10(18)13(5,6)9-16-17-8(12(2,3)4)14-15-11(17)20-9/h7H2,1-6H3. The van der Waals surface area contributed by atoms with E-state index in [9.17, 15) is 4.79 Å². The van der Waals surface area contributed by atoms with Crippen LogP contribution in [0.5, 0.6) is 0 Å². The second kappa shape index (κ2) is 4.80. The molecule has 0 amide bonds. The van der Waals surface area contributed by atoms with Gasteiger partial charge in [-0.3, -0.25) is 4.79 Å². The monoisotopic (exact) mass is 296 g/mol. The van der Waals surface area contributed by atoms with Crippen LogP contribution in [-0.4, -0.2) is 32.4 Å². The number of hydrogen-bond donors (Lipinski definition) is 0. The predicted molar refractivity (Wildman–Crippen MR) is 77.0 cm³/mol. The minimum absolute atomic E-state index is 0.154. The first-order valence-corrected chi connectivity index (χ1v) is 7.40. The first-order chi connectivity index (χ1) is 9.17. The molecule has 0 fully saturated rings. The maximum Gasteiger partial charge on any atom is 0.318 e. The van der Waals surface area contributed by atoms with Crippen molar-refractivity contribution in [1.29, 1.82) is 0 Å². The summed E-state index contributed by atoms with van der Waals surface area (Å²) >= 11 is 1.37. The molecule has 110 valence electrons. The van der Waals surface area contributed by atoms with Crippen LogP contribution < -0.4 is 0 Å². The van der Waals surface area contributed by atoms with Crippen molar-refractivity contribution in [3.63, 3.8) is 0 Å². The summed E-state index contributed by atoms with van der Waals surface area (Å²) in [6.45, 7) is 11.9. The average molecular weight is 296 g/mol. The van der Waals surface area contributed by atoms with Gasteiger partial charge in [0.1, 0.15) is 10.4 Å². The number of ether oxygens (including phenoxy) is 1. The lowest BCUT2D eigenvalue weighted by Gasteiger charge is -2.19. The van der Waals surface area contributed by atoms with Gasteiger partial charge in [0, 0.05) is 5.41 Å². The molecule has 0 N–H and O–H groups in total. The van der Waals surface area contributed by atoms with Gasteiger partial charge in [-0.2, -0.15) is 9.61 Å². The molecule has 6 nitrogen and oxygen atoms in total. The van der Waals surface area contributed by atoms with Crippen molar-refractivity contribution in [2.45, 2.75) is 52.4 Å². The Morgan fingerprint density at radius 3 is 2.45 bits per heavy atom. The third-order valence-corrected chi connectivity index (χ3v) is 4.20. The van der Waals surface area contributed by atoms with Crippen molar-refractivity contribution in [2.75, 3.05) is 6.61 Å². The van der Waals surface area contributed by atoms with Crippen molar-refractivity contribution in [3.05, 3.63) is 10.8 Å². The SMILES string of the molecule is CCOC(=O)C(C)(C)c1nn2c(C(C)(C)C)nnc2s1. The number of nitrogens with zero attached hydrogens (tertiary/aromatic N) is 4. The summed E-state index contributed by atoms with van der Waals surface area (Å²) < 4.78 is 6.84. The van der Waals surface area contributed by atoms with Gasteiger partial charge in [0.25, 0.3) is 0 Å². The number of fused-ring (bicyclic) bond motifs is 1. The van der Waals surface area contributed by atoms with E-state index in [1.54, 1.807) is 11.4 Å². The maximum atomic E-state index is 12.0. The molecule has 0 aromatic carbocycles. The normalized spacial score (nSPS) is 12.9. The van der Waals surface area contributed by atoms with Crippen molar-refractivity contribution in [2.24, 2.45) is 0 Å². The van der Waals surface area contributed by atoms with Gasteiger partial charge in [0.15, 0.2) is 5.82 Å². The summed E-state index contributed by atoms with van der Waals surface area (Å²) in [5.74, 6) is 0.511. The smallest absolute Gasteiger partial charge is 0.318 e. The summed E-state index contributed by atoms with van der Waals surface area (Å²) in [5, 5.41) is 13.5. The van der Waals surface area contributed by atoms with E-state index >= 15 is 0 Å². The molecule has 20 heavy (non-hydrogen) atoms. The molecular formula is C13H20N4O2S. The highest BCUT2D eigenvalue weighted by Crippen LogP contribution is 2.31. The third-order valence-electron chi connectivity index (χ3n) is 2.98. The van der Waals surface area contributed by atoms with Crippen LogP contribution in [0.4, 0.5) is 0 Å². The van der Waals surface area contributed by atoms with E-state index in [2.05, 4.69) is 36.1 Å². The quantitative estimate of drug-likeness (QED) is 0.813. The van der Waals surface area contributed by atoms with Crippen molar-refractivity contribution in [3.8, 4) is 0 Å². The molecule has 2 heterocycles. The average Bonchev–Trinajstić information content (AvgIpc) is 2.86. The molecule has 0 aliphatic heterocycles. The molecule has 0 unspecified atom stereocenters. The molecule has 0 bridgehead atoms. The van der Waals surface area contributed by atoms with E-state index in [4.69, 9.17) is 4.74 Å². The van der Waals surface area contributed by atoms with Crippen LogP contribution in [0.25, 0.3) is 4.96 Å². The van der Waals surface area contributed by atoms with E-state index in [0.717, 1.165) is 5.82 Å². The van der Waals surface area contributed by atoms with E-state index in [1.807, 2.05) is 13.8 Å². The van der Waals surface area contributed by atoms with Crippen molar-refractivity contribution in [1.82, 2.24) is 19.8 Å². The molecule has 0 aliphatic carbocycles. The molecule has 0 radical (unpaired) electrons. The van der Waals surface area contributed by atoms with Crippen LogP contribution in [0.15, 0.2) is 0 Å². The lowest BCUT2D eigenvalue weighted by molar-refractivity contribution is -0.148. The molecular weight excluding hydrogens is 276 g/mol. The third kappa shape index (κ3) is 2.42. The van der Waals surface area contributed by atoms with Crippen molar-refractivity contribution < 1.29 is 9.53 Å². The molecule has 2 aromatic rings. The van der Waals surface area contributed by atoms with Gasteiger partial charge in [-0.1, -0.05) is 32.1 Å². The molecule has 0 saturated heterocycles. The Morgan fingerprint density at radius 1 is 1.25 bits per heavy atom. The van der Waals surface area contributed by atoms with E-state index in [1.165, 1.54) is 11.3 Å². The van der Waals surface area contributed by atoms with Gasteiger partial charge < -0.3 is 4.74 Å². The Balaban J connectivity index is 2.47. The molecule has 0 aliphatic rings. The number of esters is 1. The zero-order valence-electron chi connectivity index (χ0n) is 12.7. The Kier molecular flexibility index (Phi) is 3.58. The number of carbonyl (C=O) groups is 1. The van der Waals surface area contributed by atoms with Gasteiger partial charge in [-0.25, -0.2) is 0 Å². The van der Waals surface area contributed by atoms with Gasteiger partial charge in [-0.05, 0) is 20.8 Å². The largest absolute Gasteiger partial charge is 0.465 e. The number of rotatable bonds is 3. The summed E-state index contributed by atoms with van der Waals surface area (Å²) in [4.78, 5) is 12.7. The van der Waals surface area contributed by atoms with Gasteiger partial charge in [0.2, 0.25) is 4.96 Å². The van der Waals surface area contributed by atoms with Crippen LogP contribution >= 0.6 is 11.3 Å². The topological polar surface area (TPSA) is 69.4 Å². The second-order valence-corrected chi connectivity index (χ2v) is 7.18. The van der Waals surface area contributed by atoms with E-state index in [0.29, 0.717) is 16.6 Å². The zero-order valence-corrected chi connectivity index (χ0v) is 13.5. The summed E-state index contributed by atoms with van der Waals surface area (Å²) in [6, 6.07) is 0. The fourth-order valence-corrected chi connectivity index (χ4v) is 2.67. The fourth-order valence-electron chi connectivity index (χ4n) is 1.74. The summed E-state index contributed by atoms with van der Waals surface area (Å²) in [7, 11) is 0. The van der Waals surface area contributed by atoms with Gasteiger partial charge in [-0.15, -0.1) is 10.2 Å².